The zero-order chi connectivity index (χ0) is 15.0. The number of hydrogen-bond acceptors (Lipinski definition) is 5. The largest absolute Gasteiger partial charge is 0.573 e. The predicted molar refractivity (Wildman–Crippen MR) is 59.4 cm³/mol. The normalized spacial score (nSPS) is 12.4. The van der Waals surface area contributed by atoms with Crippen LogP contribution in [0, 0.1) is 0 Å². The van der Waals surface area contributed by atoms with Crippen molar-refractivity contribution < 1.29 is 26.3 Å². The van der Waals surface area contributed by atoms with Crippen LogP contribution in [0.4, 0.5) is 13.2 Å². The average Bonchev–Trinajstić information content (AvgIpc) is 2.76. The van der Waals surface area contributed by atoms with Gasteiger partial charge in [0, 0.05) is 0 Å². The van der Waals surface area contributed by atoms with Crippen molar-refractivity contribution >= 4 is 10.0 Å². The van der Waals surface area contributed by atoms with Crippen LogP contribution in [-0.2, 0) is 10.0 Å². The Morgan fingerprint density at radius 1 is 1.20 bits per heavy atom. The second-order valence-electron chi connectivity index (χ2n) is 3.56. The number of primary sulfonamides is 1. The summed E-state index contributed by atoms with van der Waals surface area (Å²) in [6.07, 6.45) is -3.71. The Kier molecular flexibility index (Phi) is 3.39. The van der Waals surface area contributed by atoms with Crippen LogP contribution in [0.25, 0.3) is 5.69 Å². The molecule has 0 radical (unpaired) electrons. The zero-order valence-corrected chi connectivity index (χ0v) is 10.4. The van der Waals surface area contributed by atoms with Gasteiger partial charge in [0.05, 0.1) is 5.69 Å². The molecule has 2 aromatic rings. The van der Waals surface area contributed by atoms with E-state index in [0.29, 0.717) is 5.69 Å². The Morgan fingerprint density at radius 3 is 2.25 bits per heavy atom. The maximum Gasteiger partial charge on any atom is 0.573 e. The summed E-state index contributed by atoms with van der Waals surface area (Å²) in [5.74, 6) is -0.409. The number of halogens is 3. The Labute approximate surface area is 110 Å². The molecule has 11 heteroatoms. The summed E-state index contributed by atoms with van der Waals surface area (Å²) in [4.78, 5) is 3.47. The van der Waals surface area contributed by atoms with Crippen LogP contribution in [0.1, 0.15) is 0 Å². The minimum Gasteiger partial charge on any atom is -0.406 e. The molecule has 1 heterocycles. The van der Waals surface area contributed by atoms with Gasteiger partial charge in [0.1, 0.15) is 12.1 Å². The van der Waals surface area contributed by atoms with Crippen LogP contribution in [-0.4, -0.2) is 29.5 Å². The second-order valence-corrected chi connectivity index (χ2v) is 5.01. The third-order valence-corrected chi connectivity index (χ3v) is 2.76. The van der Waals surface area contributed by atoms with Gasteiger partial charge in [-0.25, -0.2) is 23.2 Å². The average molecular weight is 308 g/mol. The molecule has 1 aromatic heterocycles. The molecule has 0 fully saturated rings. The lowest BCUT2D eigenvalue weighted by Gasteiger charge is -2.08. The number of ether oxygens (including phenoxy) is 1. The topological polar surface area (TPSA) is 100 Å². The van der Waals surface area contributed by atoms with Crippen LogP contribution < -0.4 is 9.88 Å². The Morgan fingerprint density at radius 2 is 1.80 bits per heavy atom. The molecule has 0 amide bonds. The Bertz CT molecular complexity index is 709. The first-order valence-electron chi connectivity index (χ1n) is 4.96. The summed E-state index contributed by atoms with van der Waals surface area (Å²) >= 11 is 0. The van der Waals surface area contributed by atoms with Crippen molar-refractivity contribution in [3.05, 3.63) is 30.6 Å². The second kappa shape index (κ2) is 4.76. The van der Waals surface area contributed by atoms with E-state index in [-0.39, 0.29) is 0 Å². The van der Waals surface area contributed by atoms with Gasteiger partial charge in [-0.2, -0.15) is 0 Å². The molecule has 0 aliphatic heterocycles. The maximum atomic E-state index is 12.0. The highest BCUT2D eigenvalue weighted by molar-refractivity contribution is 7.89. The van der Waals surface area contributed by atoms with Crippen molar-refractivity contribution in [2.75, 3.05) is 0 Å². The molecule has 0 aliphatic carbocycles. The van der Waals surface area contributed by atoms with Gasteiger partial charge in [-0.15, -0.1) is 18.3 Å². The molecule has 0 saturated heterocycles. The van der Waals surface area contributed by atoms with E-state index >= 15 is 0 Å². The molecule has 108 valence electrons. The van der Waals surface area contributed by atoms with E-state index in [1.807, 2.05) is 0 Å². The van der Waals surface area contributed by atoms with E-state index in [9.17, 15) is 21.6 Å². The monoisotopic (exact) mass is 308 g/mol. The smallest absolute Gasteiger partial charge is 0.406 e. The summed E-state index contributed by atoms with van der Waals surface area (Å²) < 4.78 is 62.6. The SMILES string of the molecule is NS(=O)(=O)c1ncn(-c2ccc(OC(F)(F)F)cc2)n1. The molecule has 1 aromatic carbocycles. The minimum atomic E-state index is -4.78. The molecule has 7 nitrogen and oxygen atoms in total. The van der Waals surface area contributed by atoms with Crippen LogP contribution in [0.15, 0.2) is 35.7 Å². The minimum absolute atomic E-state index is 0.293. The lowest BCUT2D eigenvalue weighted by Crippen LogP contribution is -2.17. The van der Waals surface area contributed by atoms with Crippen LogP contribution in [0.2, 0.25) is 0 Å². The maximum absolute atomic E-state index is 12.0. The fraction of sp³-hybridized carbons (Fsp3) is 0.111. The summed E-state index contributed by atoms with van der Waals surface area (Å²) in [5.41, 5.74) is 0.293. The molecule has 20 heavy (non-hydrogen) atoms. The van der Waals surface area contributed by atoms with Gasteiger partial charge < -0.3 is 4.74 Å². The third kappa shape index (κ3) is 3.45. The van der Waals surface area contributed by atoms with Crippen LogP contribution in [0.5, 0.6) is 5.75 Å². The number of nitrogens with two attached hydrogens (primary N) is 1. The Balaban J connectivity index is 2.24. The van der Waals surface area contributed by atoms with E-state index in [1.165, 1.54) is 12.1 Å². The van der Waals surface area contributed by atoms with E-state index in [4.69, 9.17) is 5.14 Å². The summed E-state index contributed by atoms with van der Waals surface area (Å²) in [5, 5.41) is 7.83. The number of rotatable bonds is 3. The molecule has 0 aliphatic rings. The van der Waals surface area contributed by atoms with Crippen molar-refractivity contribution in [3.8, 4) is 11.4 Å². The zero-order valence-electron chi connectivity index (χ0n) is 9.57. The first-order chi connectivity index (χ1) is 9.15. The van der Waals surface area contributed by atoms with E-state index < -0.39 is 27.3 Å². The van der Waals surface area contributed by atoms with Crippen molar-refractivity contribution in [2.24, 2.45) is 5.14 Å². The molecule has 0 atom stereocenters. The highest BCUT2D eigenvalue weighted by atomic mass is 32.2. The fourth-order valence-corrected chi connectivity index (χ4v) is 1.70. The quantitative estimate of drug-likeness (QED) is 0.904. The molecular formula is C9H7F3N4O3S. The van der Waals surface area contributed by atoms with Crippen molar-refractivity contribution in [1.29, 1.82) is 0 Å². The van der Waals surface area contributed by atoms with Gasteiger partial charge in [0.2, 0.25) is 0 Å². The lowest BCUT2D eigenvalue weighted by atomic mass is 10.3. The van der Waals surface area contributed by atoms with Crippen LogP contribution in [0.3, 0.4) is 0 Å². The van der Waals surface area contributed by atoms with Crippen molar-refractivity contribution in [3.63, 3.8) is 0 Å². The Hall–Kier alpha value is -2.14. The highest BCUT2D eigenvalue weighted by Crippen LogP contribution is 2.23. The number of sulfonamides is 1. The first-order valence-corrected chi connectivity index (χ1v) is 6.50. The number of aromatic nitrogens is 3. The first kappa shape index (κ1) is 14.3. The fourth-order valence-electron chi connectivity index (χ4n) is 1.30. The lowest BCUT2D eigenvalue weighted by molar-refractivity contribution is -0.274. The molecular weight excluding hydrogens is 301 g/mol. The number of benzene rings is 1. The highest BCUT2D eigenvalue weighted by Gasteiger charge is 2.31. The van der Waals surface area contributed by atoms with Gasteiger partial charge in [-0.05, 0) is 24.3 Å². The number of hydrogen-bond donors (Lipinski definition) is 1. The predicted octanol–water partition coefficient (Wildman–Crippen LogP) is 0.813. The summed E-state index contributed by atoms with van der Waals surface area (Å²) in [6.45, 7) is 0. The van der Waals surface area contributed by atoms with E-state index in [2.05, 4.69) is 14.8 Å². The third-order valence-electron chi connectivity index (χ3n) is 2.06. The number of nitrogens with zero attached hydrogens (tertiary/aromatic N) is 3. The van der Waals surface area contributed by atoms with Gasteiger partial charge in [0.15, 0.2) is 0 Å². The summed E-state index contributed by atoms with van der Waals surface area (Å²) in [7, 11) is -4.04. The van der Waals surface area contributed by atoms with Gasteiger partial charge >= 0.3 is 6.36 Å². The number of alkyl halides is 3. The van der Waals surface area contributed by atoms with E-state index in [0.717, 1.165) is 23.1 Å². The van der Waals surface area contributed by atoms with Crippen LogP contribution >= 0.6 is 0 Å². The molecule has 2 rings (SSSR count). The van der Waals surface area contributed by atoms with Crippen molar-refractivity contribution in [1.82, 2.24) is 14.8 Å². The van der Waals surface area contributed by atoms with Crippen molar-refractivity contribution in [2.45, 2.75) is 11.5 Å². The molecule has 0 spiro atoms. The van der Waals surface area contributed by atoms with E-state index in [1.54, 1.807) is 0 Å². The molecule has 0 unspecified atom stereocenters. The molecule has 0 bridgehead atoms. The molecule has 0 saturated carbocycles. The van der Waals surface area contributed by atoms with Gasteiger partial charge in [0.25, 0.3) is 15.2 Å². The van der Waals surface area contributed by atoms with Gasteiger partial charge in [-0.3, -0.25) is 0 Å². The summed E-state index contributed by atoms with van der Waals surface area (Å²) in [6, 6.07) is 4.62. The molecule has 2 N–H and O–H groups in total. The standard InChI is InChI=1S/C9H7F3N4O3S/c10-9(11,12)19-7-3-1-6(2-4-7)16-5-14-8(15-16)20(13,17)18/h1-5H,(H2,13,17,18). The van der Waals surface area contributed by atoms with Gasteiger partial charge in [-0.1, -0.05) is 0 Å².